The van der Waals surface area contributed by atoms with E-state index in [0.717, 1.165) is 12.0 Å². The Morgan fingerprint density at radius 2 is 1.79 bits per heavy atom. The van der Waals surface area contributed by atoms with Crippen LogP contribution in [0.1, 0.15) is 50.6 Å². The third-order valence-corrected chi connectivity index (χ3v) is 5.05. The van der Waals surface area contributed by atoms with Crippen LogP contribution in [-0.4, -0.2) is 19.6 Å². The van der Waals surface area contributed by atoms with Gasteiger partial charge in [-0.05, 0) is 56.7 Å². The second-order valence-electron chi connectivity index (χ2n) is 6.30. The molecule has 104 valence electrons. The zero-order chi connectivity index (χ0) is 13.2. The van der Waals surface area contributed by atoms with Crippen LogP contribution in [0.5, 0.6) is 0 Å². The highest BCUT2D eigenvalue weighted by Crippen LogP contribution is 2.38. The molecule has 1 heterocycles. The highest BCUT2D eigenvalue weighted by molar-refractivity contribution is 5.57. The molecule has 1 aliphatic heterocycles. The molecular weight excluding hydrogens is 232 g/mol. The topological polar surface area (TPSA) is 15.3 Å². The summed E-state index contributed by atoms with van der Waals surface area (Å²) in [6, 6.07) is 10.3. The van der Waals surface area contributed by atoms with Crippen molar-refractivity contribution in [2.45, 2.75) is 51.1 Å². The molecule has 2 heteroatoms. The summed E-state index contributed by atoms with van der Waals surface area (Å²) in [6.45, 7) is 3.61. The van der Waals surface area contributed by atoms with Gasteiger partial charge in [0.2, 0.25) is 0 Å². The van der Waals surface area contributed by atoms with Crippen LogP contribution in [0.15, 0.2) is 24.3 Å². The monoisotopic (exact) mass is 258 g/mol. The van der Waals surface area contributed by atoms with Gasteiger partial charge in [-0.2, -0.15) is 0 Å². The van der Waals surface area contributed by atoms with E-state index in [4.69, 9.17) is 0 Å². The Kier molecular flexibility index (Phi) is 3.79. The minimum atomic E-state index is 0.537. The first kappa shape index (κ1) is 13.0. The number of benzene rings is 1. The van der Waals surface area contributed by atoms with Crippen LogP contribution in [0.2, 0.25) is 0 Å². The SMILES string of the molecule is CNC1CCN(C2CCC(C)CC2)c2ccccc21. The van der Waals surface area contributed by atoms with Crippen LogP contribution in [0.3, 0.4) is 0 Å². The van der Waals surface area contributed by atoms with Crippen molar-refractivity contribution in [1.29, 1.82) is 0 Å². The number of hydrogen-bond donors (Lipinski definition) is 1. The van der Waals surface area contributed by atoms with E-state index in [0.29, 0.717) is 6.04 Å². The van der Waals surface area contributed by atoms with Crippen LogP contribution in [0, 0.1) is 5.92 Å². The minimum absolute atomic E-state index is 0.537. The molecule has 1 fully saturated rings. The number of hydrogen-bond acceptors (Lipinski definition) is 2. The van der Waals surface area contributed by atoms with Crippen molar-refractivity contribution in [2.75, 3.05) is 18.5 Å². The molecule has 0 radical (unpaired) electrons. The second-order valence-corrected chi connectivity index (χ2v) is 6.30. The van der Waals surface area contributed by atoms with Crippen molar-refractivity contribution >= 4 is 5.69 Å². The first-order chi connectivity index (χ1) is 9.29. The quantitative estimate of drug-likeness (QED) is 0.869. The number of fused-ring (bicyclic) bond motifs is 1. The number of rotatable bonds is 2. The average Bonchev–Trinajstić information content (AvgIpc) is 2.47. The largest absolute Gasteiger partial charge is 0.368 e. The Bertz CT molecular complexity index is 421. The van der Waals surface area contributed by atoms with E-state index in [1.165, 1.54) is 49.9 Å². The first-order valence-electron chi connectivity index (χ1n) is 7.82. The van der Waals surface area contributed by atoms with Gasteiger partial charge in [0.25, 0.3) is 0 Å². The average molecular weight is 258 g/mol. The van der Waals surface area contributed by atoms with E-state index in [2.05, 4.69) is 48.5 Å². The van der Waals surface area contributed by atoms with Crippen LogP contribution in [0.4, 0.5) is 5.69 Å². The number of para-hydroxylation sites is 1. The fourth-order valence-corrected chi connectivity index (χ4v) is 3.82. The van der Waals surface area contributed by atoms with E-state index in [1.54, 1.807) is 0 Å². The molecule has 1 atom stereocenters. The van der Waals surface area contributed by atoms with Crippen molar-refractivity contribution in [3.63, 3.8) is 0 Å². The predicted octanol–water partition coefficient (Wildman–Crippen LogP) is 3.74. The number of nitrogens with one attached hydrogen (secondary N) is 1. The van der Waals surface area contributed by atoms with Gasteiger partial charge < -0.3 is 10.2 Å². The Balaban J connectivity index is 1.84. The lowest BCUT2D eigenvalue weighted by atomic mass is 9.85. The lowest BCUT2D eigenvalue weighted by molar-refractivity contribution is 0.326. The number of nitrogens with zero attached hydrogens (tertiary/aromatic N) is 1. The maximum Gasteiger partial charge on any atom is 0.0417 e. The van der Waals surface area contributed by atoms with Gasteiger partial charge in [-0.15, -0.1) is 0 Å². The highest BCUT2D eigenvalue weighted by atomic mass is 15.2. The van der Waals surface area contributed by atoms with Gasteiger partial charge in [0, 0.05) is 24.3 Å². The Hall–Kier alpha value is -1.02. The summed E-state index contributed by atoms with van der Waals surface area (Å²) in [6.07, 6.45) is 6.79. The smallest absolute Gasteiger partial charge is 0.0417 e. The lowest BCUT2D eigenvalue weighted by Crippen LogP contribution is -2.43. The molecule has 0 saturated heterocycles. The summed E-state index contributed by atoms with van der Waals surface area (Å²) in [5, 5.41) is 3.46. The molecule has 1 aromatic carbocycles. The van der Waals surface area contributed by atoms with Gasteiger partial charge in [0.05, 0.1) is 0 Å². The summed E-state index contributed by atoms with van der Waals surface area (Å²) in [7, 11) is 2.08. The highest BCUT2D eigenvalue weighted by Gasteiger charge is 2.30. The molecule has 0 amide bonds. The van der Waals surface area contributed by atoms with Crippen molar-refractivity contribution < 1.29 is 0 Å². The van der Waals surface area contributed by atoms with Gasteiger partial charge in [-0.25, -0.2) is 0 Å². The zero-order valence-corrected chi connectivity index (χ0v) is 12.2. The van der Waals surface area contributed by atoms with E-state index >= 15 is 0 Å². The van der Waals surface area contributed by atoms with Crippen LogP contribution < -0.4 is 10.2 Å². The zero-order valence-electron chi connectivity index (χ0n) is 12.2. The summed E-state index contributed by atoms with van der Waals surface area (Å²) >= 11 is 0. The van der Waals surface area contributed by atoms with Gasteiger partial charge in [0.1, 0.15) is 0 Å². The fourth-order valence-electron chi connectivity index (χ4n) is 3.82. The molecule has 0 spiro atoms. The first-order valence-corrected chi connectivity index (χ1v) is 7.82. The Labute approximate surface area is 117 Å². The van der Waals surface area contributed by atoms with E-state index < -0.39 is 0 Å². The van der Waals surface area contributed by atoms with Crippen molar-refractivity contribution in [3.8, 4) is 0 Å². The standard InChI is InChI=1S/C17H26N2/c1-13-7-9-14(10-8-13)19-12-11-16(18-2)15-5-3-4-6-17(15)19/h3-6,13-14,16,18H,7-12H2,1-2H3. The molecule has 2 aliphatic rings. The molecule has 2 nitrogen and oxygen atoms in total. The van der Waals surface area contributed by atoms with E-state index in [-0.39, 0.29) is 0 Å². The molecule has 1 saturated carbocycles. The molecule has 19 heavy (non-hydrogen) atoms. The van der Waals surface area contributed by atoms with E-state index in [9.17, 15) is 0 Å². The molecule has 0 aromatic heterocycles. The van der Waals surface area contributed by atoms with Gasteiger partial charge in [-0.1, -0.05) is 25.1 Å². The summed E-state index contributed by atoms with van der Waals surface area (Å²) in [4.78, 5) is 2.69. The molecule has 1 N–H and O–H groups in total. The third kappa shape index (κ3) is 2.51. The maximum atomic E-state index is 3.46. The third-order valence-electron chi connectivity index (χ3n) is 5.05. The van der Waals surface area contributed by atoms with Crippen molar-refractivity contribution in [1.82, 2.24) is 5.32 Å². The normalized spacial score (nSPS) is 31.1. The van der Waals surface area contributed by atoms with Crippen LogP contribution >= 0.6 is 0 Å². The molecular formula is C17H26N2. The summed E-state index contributed by atoms with van der Waals surface area (Å²) in [5.41, 5.74) is 2.97. The molecule has 1 aromatic rings. The molecule has 1 unspecified atom stereocenters. The second kappa shape index (κ2) is 5.54. The summed E-state index contributed by atoms with van der Waals surface area (Å²) < 4.78 is 0. The predicted molar refractivity (Wildman–Crippen MR) is 81.6 cm³/mol. The molecule has 0 bridgehead atoms. The van der Waals surface area contributed by atoms with Gasteiger partial charge in [-0.3, -0.25) is 0 Å². The van der Waals surface area contributed by atoms with Crippen LogP contribution in [0.25, 0.3) is 0 Å². The van der Waals surface area contributed by atoms with Crippen molar-refractivity contribution in [2.24, 2.45) is 5.92 Å². The lowest BCUT2D eigenvalue weighted by Gasteiger charge is -2.43. The fraction of sp³-hybridized carbons (Fsp3) is 0.647. The number of anilines is 1. The van der Waals surface area contributed by atoms with Gasteiger partial charge >= 0.3 is 0 Å². The van der Waals surface area contributed by atoms with Crippen LogP contribution in [-0.2, 0) is 0 Å². The Morgan fingerprint density at radius 3 is 2.53 bits per heavy atom. The molecule has 3 rings (SSSR count). The summed E-state index contributed by atoms with van der Waals surface area (Å²) in [5.74, 6) is 0.932. The molecule has 1 aliphatic carbocycles. The Morgan fingerprint density at radius 1 is 1.05 bits per heavy atom. The van der Waals surface area contributed by atoms with Crippen molar-refractivity contribution in [3.05, 3.63) is 29.8 Å². The maximum absolute atomic E-state index is 3.46. The van der Waals surface area contributed by atoms with E-state index in [1.807, 2.05) is 0 Å². The minimum Gasteiger partial charge on any atom is -0.368 e. The van der Waals surface area contributed by atoms with Gasteiger partial charge in [0.15, 0.2) is 0 Å².